The molecule has 2 rings (SSSR count). The highest BCUT2D eigenvalue weighted by Gasteiger charge is 2.31. The van der Waals surface area contributed by atoms with Gasteiger partial charge in [0.1, 0.15) is 0 Å². The summed E-state index contributed by atoms with van der Waals surface area (Å²) in [6, 6.07) is 7.12. The Morgan fingerprint density at radius 2 is 0.864 bits per heavy atom. The smallest absolute Gasteiger partial charge is 0.284 e. The van der Waals surface area contributed by atoms with Crippen molar-refractivity contribution in [1.29, 1.82) is 0 Å². The summed E-state index contributed by atoms with van der Waals surface area (Å²) in [5.74, 6) is 0. The van der Waals surface area contributed by atoms with Crippen molar-refractivity contribution in [3.63, 3.8) is 0 Å². The number of halogens is 6. The Morgan fingerprint density at radius 3 is 1.09 bits per heavy atom. The van der Waals surface area contributed by atoms with Gasteiger partial charge in [-0.2, -0.15) is 26.3 Å². The van der Waals surface area contributed by atoms with Crippen LogP contribution >= 0.6 is 0 Å². The van der Waals surface area contributed by atoms with Gasteiger partial charge in [0.2, 0.25) is 0 Å². The van der Waals surface area contributed by atoms with E-state index < -0.39 is 23.5 Å². The lowest BCUT2D eigenvalue weighted by Gasteiger charge is -2.18. The molecule has 1 N–H and O–H groups in total. The highest BCUT2D eigenvalue weighted by atomic mass is 19.4. The Bertz CT molecular complexity index is 573. The van der Waals surface area contributed by atoms with E-state index in [0.29, 0.717) is 5.06 Å². The molecule has 2 nitrogen and oxygen atoms in total. The zero-order chi connectivity index (χ0) is 16.5. The summed E-state index contributed by atoms with van der Waals surface area (Å²) in [7, 11) is 0. The van der Waals surface area contributed by atoms with Gasteiger partial charge in [-0.3, -0.25) is 5.21 Å². The SMILES string of the molecule is ON(c1ccc(C(F)(F)F)cc1)c1ccc(C(F)(F)F)cc1. The van der Waals surface area contributed by atoms with Gasteiger partial charge in [0.15, 0.2) is 0 Å². The maximum Gasteiger partial charge on any atom is 0.416 e. The Hall–Kier alpha value is -2.22. The molecule has 0 amide bonds. The first kappa shape index (κ1) is 16.2. The van der Waals surface area contributed by atoms with Crippen LogP contribution in [-0.4, -0.2) is 5.21 Å². The van der Waals surface area contributed by atoms with Crippen LogP contribution in [0.5, 0.6) is 0 Å². The third-order valence-electron chi connectivity index (χ3n) is 2.88. The van der Waals surface area contributed by atoms with Gasteiger partial charge in [0.25, 0.3) is 0 Å². The quantitative estimate of drug-likeness (QED) is 0.603. The molecule has 0 aliphatic heterocycles. The Balaban J connectivity index is 2.23. The monoisotopic (exact) mass is 321 g/mol. The first-order chi connectivity index (χ1) is 10.1. The number of rotatable bonds is 2. The molecule has 0 spiro atoms. The molecular formula is C14H9F6NO. The van der Waals surface area contributed by atoms with Crippen LogP contribution in [0.1, 0.15) is 11.1 Å². The molecule has 0 radical (unpaired) electrons. The molecule has 118 valence electrons. The van der Waals surface area contributed by atoms with E-state index in [0.717, 1.165) is 48.5 Å². The summed E-state index contributed by atoms with van der Waals surface area (Å²) in [6.07, 6.45) is -9.01. The summed E-state index contributed by atoms with van der Waals surface area (Å²) in [5.41, 5.74) is -1.80. The van der Waals surface area contributed by atoms with Gasteiger partial charge in [-0.05, 0) is 48.5 Å². The summed E-state index contributed by atoms with van der Waals surface area (Å²) >= 11 is 0. The number of nitrogens with zero attached hydrogens (tertiary/aromatic N) is 1. The van der Waals surface area contributed by atoms with Crippen molar-refractivity contribution >= 4 is 11.4 Å². The van der Waals surface area contributed by atoms with E-state index in [9.17, 15) is 31.5 Å². The summed E-state index contributed by atoms with van der Waals surface area (Å²) < 4.78 is 74.5. The lowest BCUT2D eigenvalue weighted by atomic mass is 10.1. The molecule has 22 heavy (non-hydrogen) atoms. The second-order valence-electron chi connectivity index (χ2n) is 4.40. The molecule has 0 aromatic heterocycles. The molecule has 0 bridgehead atoms. The largest absolute Gasteiger partial charge is 0.416 e. The molecule has 0 saturated carbocycles. The third kappa shape index (κ3) is 3.51. The maximum atomic E-state index is 12.4. The maximum absolute atomic E-state index is 12.4. The minimum Gasteiger partial charge on any atom is -0.284 e. The molecule has 0 fully saturated rings. The van der Waals surface area contributed by atoms with E-state index >= 15 is 0 Å². The third-order valence-corrected chi connectivity index (χ3v) is 2.88. The zero-order valence-electron chi connectivity index (χ0n) is 10.8. The van der Waals surface area contributed by atoms with Crippen molar-refractivity contribution in [3.05, 3.63) is 59.7 Å². The lowest BCUT2D eigenvalue weighted by molar-refractivity contribution is -0.138. The van der Waals surface area contributed by atoms with Gasteiger partial charge in [-0.25, -0.2) is 5.06 Å². The van der Waals surface area contributed by atoms with Crippen LogP contribution < -0.4 is 5.06 Å². The molecule has 0 saturated heterocycles. The van der Waals surface area contributed by atoms with E-state index in [1.807, 2.05) is 0 Å². The molecule has 0 aliphatic rings. The van der Waals surface area contributed by atoms with Crippen molar-refractivity contribution in [2.24, 2.45) is 0 Å². The van der Waals surface area contributed by atoms with Gasteiger partial charge in [-0.1, -0.05) is 0 Å². The molecule has 0 aliphatic carbocycles. The number of anilines is 2. The Morgan fingerprint density at radius 1 is 0.591 bits per heavy atom. The summed E-state index contributed by atoms with van der Waals surface area (Å²) in [5, 5.41) is 10.4. The van der Waals surface area contributed by atoms with Crippen molar-refractivity contribution in [3.8, 4) is 0 Å². The van der Waals surface area contributed by atoms with Crippen LogP contribution in [0.2, 0.25) is 0 Å². The molecule has 0 heterocycles. The second kappa shape index (κ2) is 5.53. The van der Waals surface area contributed by atoms with E-state index in [4.69, 9.17) is 0 Å². The average Bonchev–Trinajstić information content (AvgIpc) is 2.45. The fraction of sp³-hybridized carbons (Fsp3) is 0.143. The van der Waals surface area contributed by atoms with Crippen LogP contribution in [0.4, 0.5) is 37.7 Å². The number of benzene rings is 2. The molecule has 0 unspecified atom stereocenters. The van der Waals surface area contributed by atoms with Crippen LogP contribution in [0.3, 0.4) is 0 Å². The fourth-order valence-electron chi connectivity index (χ4n) is 1.73. The van der Waals surface area contributed by atoms with Gasteiger partial charge in [-0.15, -0.1) is 0 Å². The predicted molar refractivity (Wildman–Crippen MR) is 66.8 cm³/mol. The highest BCUT2D eigenvalue weighted by Crippen LogP contribution is 2.33. The lowest BCUT2D eigenvalue weighted by Crippen LogP contribution is -2.12. The number of hydrogen-bond acceptors (Lipinski definition) is 2. The average molecular weight is 321 g/mol. The second-order valence-corrected chi connectivity index (χ2v) is 4.40. The van der Waals surface area contributed by atoms with E-state index in [1.165, 1.54) is 0 Å². The van der Waals surface area contributed by atoms with Crippen LogP contribution in [0, 0.1) is 0 Å². The van der Waals surface area contributed by atoms with E-state index in [-0.39, 0.29) is 11.4 Å². The first-order valence-corrected chi connectivity index (χ1v) is 5.92. The molecule has 2 aromatic rings. The van der Waals surface area contributed by atoms with Gasteiger partial charge >= 0.3 is 12.4 Å². The van der Waals surface area contributed by atoms with Crippen molar-refractivity contribution in [2.45, 2.75) is 12.4 Å². The molecule has 8 heteroatoms. The summed E-state index contributed by atoms with van der Waals surface area (Å²) in [6.45, 7) is 0. The van der Waals surface area contributed by atoms with Crippen LogP contribution in [0.25, 0.3) is 0 Å². The molecule has 0 atom stereocenters. The Labute approximate surface area is 121 Å². The van der Waals surface area contributed by atoms with Gasteiger partial charge < -0.3 is 0 Å². The summed E-state index contributed by atoms with van der Waals surface area (Å²) in [4.78, 5) is 0. The fourth-order valence-corrected chi connectivity index (χ4v) is 1.73. The standard InChI is InChI=1S/C14H9F6NO/c15-13(16,17)9-1-5-11(6-2-9)21(22)12-7-3-10(4-8-12)14(18,19)20/h1-8,22H. The van der Waals surface area contributed by atoms with Crippen LogP contribution in [-0.2, 0) is 12.4 Å². The van der Waals surface area contributed by atoms with Crippen LogP contribution in [0.15, 0.2) is 48.5 Å². The van der Waals surface area contributed by atoms with Gasteiger partial charge in [0.05, 0.1) is 22.5 Å². The van der Waals surface area contributed by atoms with Crippen molar-refractivity contribution in [1.82, 2.24) is 0 Å². The highest BCUT2D eigenvalue weighted by molar-refractivity contribution is 5.60. The van der Waals surface area contributed by atoms with E-state index in [1.54, 1.807) is 0 Å². The minimum atomic E-state index is -4.51. The Kier molecular flexibility index (Phi) is 4.06. The number of alkyl halides is 6. The van der Waals surface area contributed by atoms with Crippen molar-refractivity contribution in [2.75, 3.05) is 5.06 Å². The molecular weight excluding hydrogens is 312 g/mol. The topological polar surface area (TPSA) is 23.5 Å². The van der Waals surface area contributed by atoms with E-state index in [2.05, 4.69) is 0 Å². The number of hydrogen-bond donors (Lipinski definition) is 1. The minimum absolute atomic E-state index is 0.00670. The first-order valence-electron chi connectivity index (χ1n) is 5.92. The molecule has 2 aromatic carbocycles. The normalized spacial score (nSPS) is 12.3. The van der Waals surface area contributed by atoms with Crippen molar-refractivity contribution < 1.29 is 31.5 Å². The predicted octanol–water partition coefficient (Wildman–Crippen LogP) is 5.25. The zero-order valence-corrected chi connectivity index (χ0v) is 10.8. The van der Waals surface area contributed by atoms with Gasteiger partial charge in [0, 0.05) is 0 Å².